The van der Waals surface area contributed by atoms with Gasteiger partial charge in [0.2, 0.25) is 0 Å². The molecule has 2 aromatic carbocycles. The summed E-state index contributed by atoms with van der Waals surface area (Å²) in [4.78, 5) is 12.4. The molecule has 2 rings (SSSR count). The number of hydrogen-bond acceptors (Lipinski definition) is 2. The molecule has 2 atom stereocenters. The molecule has 0 saturated carbocycles. The Kier molecular flexibility index (Phi) is 5.35. The molecule has 7 heteroatoms. The van der Waals surface area contributed by atoms with Crippen LogP contribution >= 0.6 is 0 Å². The van der Waals surface area contributed by atoms with Gasteiger partial charge in [-0.05, 0) is 0 Å². The topological polar surface area (TPSA) is 49.3 Å². The summed E-state index contributed by atoms with van der Waals surface area (Å²) in [5, 5.41) is 12.6. The zero-order valence-corrected chi connectivity index (χ0v) is 16.5. The first kappa shape index (κ1) is 19.5. The van der Waals surface area contributed by atoms with E-state index in [4.69, 9.17) is 0 Å². The van der Waals surface area contributed by atoms with Crippen LogP contribution in [0, 0.1) is 13.8 Å². The molecule has 2 aromatic rings. The molecular formula is C18H19AsF3NO2. The van der Waals surface area contributed by atoms with Gasteiger partial charge in [-0.1, -0.05) is 0 Å². The first-order valence-electron chi connectivity index (χ1n) is 7.51. The fourth-order valence-corrected chi connectivity index (χ4v) is 3.08. The summed E-state index contributed by atoms with van der Waals surface area (Å²) in [5.41, 5.74) is -1.39. The molecule has 25 heavy (non-hydrogen) atoms. The van der Waals surface area contributed by atoms with E-state index in [1.54, 1.807) is 32.0 Å². The monoisotopic (exact) mass is 413 g/mol. The second kappa shape index (κ2) is 6.85. The molecule has 0 fully saturated rings. The molecule has 0 aliphatic rings. The molecule has 0 aromatic heterocycles. The number of carbonyl (C=O) groups excluding carboxylic acids is 1. The Morgan fingerprint density at radius 2 is 1.68 bits per heavy atom. The first-order chi connectivity index (χ1) is 11.4. The molecular weight excluding hydrogens is 394 g/mol. The molecule has 0 aliphatic carbocycles. The number of aliphatic hydroxyl groups is 1. The Balaban J connectivity index is 2.37. The summed E-state index contributed by atoms with van der Waals surface area (Å²) in [5.74, 6) is -0.332. The van der Waals surface area contributed by atoms with Gasteiger partial charge in [0.15, 0.2) is 0 Å². The number of halogens is 3. The van der Waals surface area contributed by atoms with Crippen molar-refractivity contribution in [2.24, 2.45) is 0 Å². The van der Waals surface area contributed by atoms with E-state index in [0.29, 0.717) is 29.3 Å². The van der Waals surface area contributed by atoms with Crippen molar-refractivity contribution in [2.45, 2.75) is 32.5 Å². The number of carbonyl (C=O) groups is 1. The van der Waals surface area contributed by atoms with Crippen LogP contribution in [-0.4, -0.2) is 34.0 Å². The summed E-state index contributed by atoms with van der Waals surface area (Å²) >= 11 is 1.39. The Bertz CT molecular complexity index is 793. The van der Waals surface area contributed by atoms with Crippen molar-refractivity contribution in [1.29, 1.82) is 0 Å². The molecule has 0 radical (unpaired) electrons. The maximum absolute atomic E-state index is 13.0. The molecule has 0 aliphatic heterocycles. The van der Waals surface area contributed by atoms with Gasteiger partial charge in [0.25, 0.3) is 0 Å². The molecule has 3 nitrogen and oxygen atoms in total. The number of nitrogens with one attached hydrogen (secondary N) is 1. The third-order valence-electron chi connectivity index (χ3n) is 4.03. The second-order valence-corrected chi connectivity index (χ2v) is 7.53. The third-order valence-corrected chi connectivity index (χ3v) is 4.79. The SMILES string of the molecule is Cc1cc(C(C)(O)C(F)(F)F)cc(C)c1NC(=O)c1cccc([AsH2])c1. The first-order valence-corrected chi connectivity index (χ1v) is 8.72. The van der Waals surface area contributed by atoms with E-state index in [0.717, 1.165) is 4.35 Å². The van der Waals surface area contributed by atoms with E-state index in [2.05, 4.69) is 5.32 Å². The van der Waals surface area contributed by atoms with Crippen molar-refractivity contribution >= 4 is 32.8 Å². The molecule has 0 heterocycles. The van der Waals surface area contributed by atoms with Crippen LogP contribution < -0.4 is 9.67 Å². The van der Waals surface area contributed by atoms with Gasteiger partial charge in [-0.15, -0.1) is 0 Å². The predicted octanol–water partition coefficient (Wildman–Crippen LogP) is 2.58. The molecule has 2 N–H and O–H groups in total. The zero-order chi connectivity index (χ0) is 19.0. The van der Waals surface area contributed by atoms with Crippen molar-refractivity contribution in [1.82, 2.24) is 0 Å². The number of alkyl halides is 3. The third kappa shape index (κ3) is 4.07. The predicted molar refractivity (Wildman–Crippen MR) is 94.1 cm³/mol. The van der Waals surface area contributed by atoms with Crippen LogP contribution in [0.2, 0.25) is 0 Å². The molecule has 134 valence electrons. The number of aryl methyl sites for hydroxylation is 2. The number of benzene rings is 2. The van der Waals surface area contributed by atoms with E-state index in [9.17, 15) is 23.1 Å². The van der Waals surface area contributed by atoms with Crippen LogP contribution in [-0.2, 0) is 5.60 Å². The van der Waals surface area contributed by atoms with Crippen molar-refractivity contribution in [3.05, 3.63) is 58.7 Å². The molecule has 1 amide bonds. The molecule has 0 saturated heterocycles. The van der Waals surface area contributed by atoms with Crippen LogP contribution in [0.1, 0.15) is 34.0 Å². The molecule has 0 spiro atoms. The minimum atomic E-state index is -4.79. The van der Waals surface area contributed by atoms with Gasteiger partial charge in [0.05, 0.1) is 0 Å². The van der Waals surface area contributed by atoms with Crippen LogP contribution in [0.4, 0.5) is 18.9 Å². The molecule has 2 unspecified atom stereocenters. The minimum absolute atomic E-state index is 0.258. The fraction of sp³-hybridized carbons (Fsp3) is 0.278. The number of anilines is 1. The average molecular weight is 413 g/mol. The Hall–Kier alpha value is -1.78. The fourth-order valence-electron chi connectivity index (χ4n) is 2.47. The van der Waals surface area contributed by atoms with E-state index >= 15 is 0 Å². The van der Waals surface area contributed by atoms with Crippen molar-refractivity contribution in [2.75, 3.05) is 5.32 Å². The molecule has 0 bridgehead atoms. The van der Waals surface area contributed by atoms with Gasteiger partial charge < -0.3 is 0 Å². The standard InChI is InChI=1S/C18H19AsF3NO2/c1-10-7-13(17(3,25)18(20,21)22)8-11(2)15(10)23-16(24)12-5-4-6-14(19)9-12/h4-9,25H,19H2,1-3H3,(H,23,24). The second-order valence-electron chi connectivity index (χ2n) is 6.13. The summed E-state index contributed by atoms with van der Waals surface area (Å²) in [6, 6.07) is 9.58. The van der Waals surface area contributed by atoms with E-state index in [1.165, 1.54) is 29.0 Å². The number of hydrogen-bond donors (Lipinski definition) is 2. The summed E-state index contributed by atoms with van der Waals surface area (Å²) < 4.78 is 40.1. The normalized spacial score (nSPS) is 14.1. The number of rotatable bonds is 3. The van der Waals surface area contributed by atoms with Crippen molar-refractivity contribution < 1.29 is 23.1 Å². The Labute approximate surface area is 152 Å². The van der Waals surface area contributed by atoms with E-state index in [-0.39, 0.29) is 11.5 Å². The van der Waals surface area contributed by atoms with Crippen LogP contribution in [0.25, 0.3) is 0 Å². The zero-order valence-electron chi connectivity index (χ0n) is 14.0. The van der Waals surface area contributed by atoms with Crippen LogP contribution in [0.3, 0.4) is 0 Å². The van der Waals surface area contributed by atoms with Crippen molar-refractivity contribution in [3.63, 3.8) is 0 Å². The Morgan fingerprint density at radius 3 is 2.16 bits per heavy atom. The summed E-state index contributed by atoms with van der Waals surface area (Å²) in [6.07, 6.45) is -4.79. The van der Waals surface area contributed by atoms with Crippen LogP contribution in [0.5, 0.6) is 0 Å². The Morgan fingerprint density at radius 1 is 1.12 bits per heavy atom. The summed E-state index contributed by atoms with van der Waals surface area (Å²) in [6.45, 7) is 3.91. The van der Waals surface area contributed by atoms with E-state index in [1.807, 2.05) is 6.07 Å². The van der Waals surface area contributed by atoms with E-state index < -0.39 is 11.8 Å². The maximum atomic E-state index is 13.0. The number of amides is 1. The van der Waals surface area contributed by atoms with Gasteiger partial charge in [-0.3, -0.25) is 0 Å². The van der Waals surface area contributed by atoms with Crippen LogP contribution in [0.15, 0.2) is 36.4 Å². The van der Waals surface area contributed by atoms with Gasteiger partial charge in [-0.2, -0.15) is 0 Å². The van der Waals surface area contributed by atoms with Gasteiger partial charge in [-0.25, -0.2) is 0 Å². The van der Waals surface area contributed by atoms with Gasteiger partial charge in [0, 0.05) is 0 Å². The quantitative estimate of drug-likeness (QED) is 0.761. The van der Waals surface area contributed by atoms with Gasteiger partial charge >= 0.3 is 152 Å². The van der Waals surface area contributed by atoms with Crippen molar-refractivity contribution in [3.8, 4) is 0 Å². The average Bonchev–Trinajstić information content (AvgIpc) is 2.49. The summed E-state index contributed by atoms with van der Waals surface area (Å²) in [7, 11) is 0. The van der Waals surface area contributed by atoms with Gasteiger partial charge in [0.1, 0.15) is 0 Å².